The third-order valence-electron chi connectivity index (χ3n) is 2.74. The maximum Gasteiger partial charge on any atom is 0.194 e. The third-order valence-corrected chi connectivity index (χ3v) is 4.07. The van der Waals surface area contributed by atoms with Gasteiger partial charge in [0.05, 0.1) is 17.2 Å². The van der Waals surface area contributed by atoms with Crippen LogP contribution in [0.2, 0.25) is 10.0 Å². The molecule has 3 nitrogen and oxygen atoms in total. The van der Waals surface area contributed by atoms with Crippen LogP contribution in [-0.2, 0) is 0 Å². The van der Waals surface area contributed by atoms with E-state index in [1.165, 1.54) is 19.2 Å². The number of halogens is 3. The molecule has 0 radical (unpaired) electrons. The number of carbonyl (C=O) groups is 1. The molecule has 0 heterocycles. The Kier molecular flexibility index (Phi) is 4.58. The van der Waals surface area contributed by atoms with Crippen molar-refractivity contribution in [3.05, 3.63) is 56.0 Å². The van der Waals surface area contributed by atoms with Crippen LogP contribution in [0.15, 0.2) is 34.8 Å². The first-order valence-corrected chi connectivity index (χ1v) is 7.11. The lowest BCUT2D eigenvalue weighted by Crippen LogP contribution is -2.04. The summed E-state index contributed by atoms with van der Waals surface area (Å²) in [6, 6.07) is 7.96. The number of methoxy groups -OCH3 is 1. The molecule has 20 heavy (non-hydrogen) atoms. The second-order valence-corrected chi connectivity index (χ2v) is 5.70. The summed E-state index contributed by atoms with van der Waals surface area (Å²) in [7, 11) is 1.48. The SMILES string of the molecule is COc1cc(Cl)c(C(=O)c2ccc(Br)c(N)c2)cc1Cl. The quantitative estimate of drug-likeness (QED) is 0.632. The normalized spacial score (nSPS) is 10.4. The van der Waals surface area contributed by atoms with Gasteiger partial charge in [0.15, 0.2) is 5.78 Å². The van der Waals surface area contributed by atoms with E-state index in [1.54, 1.807) is 18.2 Å². The van der Waals surface area contributed by atoms with Gasteiger partial charge in [0, 0.05) is 27.4 Å². The number of hydrogen-bond acceptors (Lipinski definition) is 3. The van der Waals surface area contributed by atoms with E-state index in [4.69, 9.17) is 33.7 Å². The van der Waals surface area contributed by atoms with Gasteiger partial charge in [-0.2, -0.15) is 0 Å². The van der Waals surface area contributed by atoms with Gasteiger partial charge < -0.3 is 10.5 Å². The lowest BCUT2D eigenvalue weighted by molar-refractivity contribution is 0.103. The Balaban J connectivity index is 2.48. The first-order chi connectivity index (χ1) is 9.43. The van der Waals surface area contributed by atoms with Crippen LogP contribution < -0.4 is 10.5 Å². The molecule has 0 saturated carbocycles. The van der Waals surface area contributed by atoms with Gasteiger partial charge in [-0.25, -0.2) is 0 Å². The Labute approximate surface area is 134 Å². The van der Waals surface area contributed by atoms with E-state index in [0.717, 1.165) is 4.47 Å². The summed E-state index contributed by atoms with van der Waals surface area (Å²) < 4.78 is 5.78. The molecule has 0 aliphatic carbocycles. The van der Waals surface area contributed by atoms with Gasteiger partial charge in [0.1, 0.15) is 5.75 Å². The molecule has 2 rings (SSSR count). The maximum atomic E-state index is 12.4. The predicted molar refractivity (Wildman–Crippen MR) is 85.0 cm³/mol. The summed E-state index contributed by atoms with van der Waals surface area (Å²) in [6.07, 6.45) is 0. The highest BCUT2D eigenvalue weighted by molar-refractivity contribution is 9.10. The smallest absolute Gasteiger partial charge is 0.194 e. The number of benzene rings is 2. The fraction of sp³-hybridized carbons (Fsp3) is 0.0714. The molecule has 2 N–H and O–H groups in total. The summed E-state index contributed by atoms with van der Waals surface area (Å²) in [5, 5.41) is 0.600. The minimum Gasteiger partial charge on any atom is -0.495 e. The molecule has 2 aromatic carbocycles. The molecule has 0 fully saturated rings. The first-order valence-electron chi connectivity index (χ1n) is 5.56. The summed E-state index contributed by atoms with van der Waals surface area (Å²) in [4.78, 5) is 12.4. The van der Waals surface area contributed by atoms with Gasteiger partial charge in [-0.05, 0) is 40.2 Å². The molecule has 104 valence electrons. The molecule has 0 amide bonds. The molecule has 0 saturated heterocycles. The Morgan fingerprint density at radius 1 is 1.20 bits per heavy atom. The summed E-state index contributed by atoms with van der Waals surface area (Å²) in [5.41, 5.74) is 6.99. The largest absolute Gasteiger partial charge is 0.495 e. The molecule has 0 aliphatic rings. The van der Waals surface area contributed by atoms with Crippen molar-refractivity contribution in [1.29, 1.82) is 0 Å². The predicted octanol–water partition coefficient (Wildman–Crippen LogP) is 4.58. The van der Waals surface area contributed by atoms with Crippen molar-refractivity contribution in [2.45, 2.75) is 0 Å². The van der Waals surface area contributed by atoms with Crippen molar-refractivity contribution < 1.29 is 9.53 Å². The van der Waals surface area contributed by atoms with Crippen LogP contribution in [-0.4, -0.2) is 12.9 Å². The number of anilines is 1. The third kappa shape index (κ3) is 2.92. The van der Waals surface area contributed by atoms with Crippen LogP contribution in [0.25, 0.3) is 0 Å². The second-order valence-electron chi connectivity index (χ2n) is 4.03. The van der Waals surface area contributed by atoms with Gasteiger partial charge in [-0.3, -0.25) is 4.79 Å². The standard InChI is InChI=1S/C14H10BrCl2NO2/c1-20-13-6-10(16)8(5-11(13)17)14(19)7-2-3-9(15)12(18)4-7/h2-6H,18H2,1H3. The average Bonchev–Trinajstić information content (AvgIpc) is 2.43. The van der Waals surface area contributed by atoms with Crippen LogP contribution in [0.3, 0.4) is 0 Å². The topological polar surface area (TPSA) is 52.3 Å². The Morgan fingerprint density at radius 3 is 2.50 bits per heavy atom. The molecule has 0 spiro atoms. The number of hydrogen-bond donors (Lipinski definition) is 1. The molecule has 6 heteroatoms. The molecular formula is C14H10BrCl2NO2. The van der Waals surface area contributed by atoms with E-state index < -0.39 is 0 Å². The van der Waals surface area contributed by atoms with Crippen molar-refractivity contribution >= 4 is 50.6 Å². The van der Waals surface area contributed by atoms with E-state index in [9.17, 15) is 4.79 Å². The van der Waals surface area contributed by atoms with Gasteiger partial charge in [0.25, 0.3) is 0 Å². The monoisotopic (exact) mass is 373 g/mol. The van der Waals surface area contributed by atoms with E-state index in [2.05, 4.69) is 15.9 Å². The lowest BCUT2D eigenvalue weighted by Gasteiger charge is -2.09. The van der Waals surface area contributed by atoms with Crippen molar-refractivity contribution in [3.8, 4) is 5.75 Å². The van der Waals surface area contributed by atoms with E-state index in [0.29, 0.717) is 27.6 Å². The maximum absolute atomic E-state index is 12.4. The Hall–Kier alpha value is -1.23. The Morgan fingerprint density at radius 2 is 1.90 bits per heavy atom. The van der Waals surface area contributed by atoms with Gasteiger partial charge >= 0.3 is 0 Å². The fourth-order valence-corrected chi connectivity index (χ4v) is 2.43. The minimum absolute atomic E-state index is 0.251. The number of carbonyl (C=O) groups excluding carboxylic acids is 1. The van der Waals surface area contributed by atoms with E-state index in [-0.39, 0.29) is 10.8 Å². The van der Waals surface area contributed by atoms with Crippen LogP contribution in [0.4, 0.5) is 5.69 Å². The zero-order chi connectivity index (χ0) is 14.9. The highest BCUT2D eigenvalue weighted by Gasteiger charge is 2.16. The molecule has 2 aromatic rings. The molecule has 0 bridgehead atoms. The first kappa shape index (κ1) is 15.2. The van der Waals surface area contributed by atoms with Gasteiger partial charge in [0.2, 0.25) is 0 Å². The molecule has 0 atom stereocenters. The van der Waals surface area contributed by atoms with Crippen LogP contribution in [0.1, 0.15) is 15.9 Å². The highest BCUT2D eigenvalue weighted by atomic mass is 79.9. The summed E-state index contributed by atoms with van der Waals surface area (Å²) >= 11 is 15.4. The molecule has 0 aliphatic heterocycles. The van der Waals surface area contributed by atoms with E-state index >= 15 is 0 Å². The van der Waals surface area contributed by atoms with Crippen molar-refractivity contribution in [3.63, 3.8) is 0 Å². The zero-order valence-electron chi connectivity index (χ0n) is 10.4. The summed E-state index contributed by atoms with van der Waals surface area (Å²) in [5.74, 6) is 0.169. The number of nitrogen functional groups attached to an aromatic ring is 1. The lowest BCUT2D eigenvalue weighted by atomic mass is 10.0. The van der Waals surface area contributed by atoms with Crippen molar-refractivity contribution in [2.75, 3.05) is 12.8 Å². The minimum atomic E-state index is -0.251. The van der Waals surface area contributed by atoms with E-state index in [1.807, 2.05) is 0 Å². The van der Waals surface area contributed by atoms with Crippen molar-refractivity contribution in [1.82, 2.24) is 0 Å². The summed E-state index contributed by atoms with van der Waals surface area (Å²) in [6.45, 7) is 0. The number of ether oxygens (including phenoxy) is 1. The number of ketones is 1. The van der Waals surface area contributed by atoms with Gasteiger partial charge in [-0.1, -0.05) is 23.2 Å². The zero-order valence-corrected chi connectivity index (χ0v) is 13.5. The molecular weight excluding hydrogens is 365 g/mol. The Bertz CT molecular complexity index is 689. The molecule has 0 unspecified atom stereocenters. The second kappa shape index (κ2) is 6.04. The fourth-order valence-electron chi connectivity index (χ4n) is 1.70. The number of rotatable bonds is 3. The van der Waals surface area contributed by atoms with Crippen molar-refractivity contribution in [2.24, 2.45) is 0 Å². The van der Waals surface area contributed by atoms with Crippen LogP contribution >= 0.6 is 39.1 Å². The van der Waals surface area contributed by atoms with Gasteiger partial charge in [-0.15, -0.1) is 0 Å². The number of nitrogens with two attached hydrogens (primary N) is 1. The van der Waals surface area contributed by atoms with Crippen LogP contribution in [0, 0.1) is 0 Å². The average molecular weight is 375 g/mol. The molecule has 0 aromatic heterocycles. The van der Waals surface area contributed by atoms with Crippen LogP contribution in [0.5, 0.6) is 5.75 Å². The highest BCUT2D eigenvalue weighted by Crippen LogP contribution is 2.32.